The van der Waals surface area contributed by atoms with Crippen LogP contribution in [0.3, 0.4) is 0 Å². The fourth-order valence-corrected chi connectivity index (χ4v) is 4.14. The van der Waals surface area contributed by atoms with Gasteiger partial charge >= 0.3 is 5.97 Å². The molecule has 0 radical (unpaired) electrons. The molecule has 0 spiro atoms. The summed E-state index contributed by atoms with van der Waals surface area (Å²) in [6, 6.07) is 11.0. The second-order valence-corrected chi connectivity index (χ2v) is 8.91. The van der Waals surface area contributed by atoms with Crippen LogP contribution in [0.25, 0.3) is 6.08 Å². The first-order valence-electron chi connectivity index (χ1n) is 9.73. The van der Waals surface area contributed by atoms with Crippen molar-refractivity contribution in [2.75, 3.05) is 26.9 Å². The van der Waals surface area contributed by atoms with Crippen LogP contribution in [-0.4, -0.2) is 48.9 Å². The van der Waals surface area contributed by atoms with Gasteiger partial charge in [0.15, 0.2) is 6.61 Å². The van der Waals surface area contributed by atoms with Crippen LogP contribution in [-0.2, 0) is 14.3 Å². The van der Waals surface area contributed by atoms with Crippen LogP contribution in [0.15, 0.2) is 45.8 Å². The third-order valence-electron chi connectivity index (χ3n) is 4.62. The molecule has 1 saturated heterocycles. The molecule has 1 heterocycles. The zero-order valence-corrected chi connectivity index (χ0v) is 20.2. The molecule has 1 aliphatic rings. The van der Waals surface area contributed by atoms with Crippen LogP contribution in [0.1, 0.15) is 16.7 Å². The Bertz CT molecular complexity index is 1080. The lowest BCUT2D eigenvalue weighted by atomic mass is 10.1. The van der Waals surface area contributed by atoms with Crippen LogP contribution >= 0.6 is 27.7 Å². The van der Waals surface area contributed by atoms with Crippen LogP contribution in [0.2, 0.25) is 0 Å². The lowest BCUT2D eigenvalue weighted by molar-refractivity contribution is -0.142. The average molecular weight is 520 g/mol. The Hall–Kier alpha value is -2.78. The minimum Gasteiger partial charge on any atom is -0.491 e. The molecule has 0 unspecified atom stereocenters. The molecule has 0 atom stereocenters. The third kappa shape index (κ3) is 5.92. The minimum absolute atomic E-state index is 0.138. The number of hydrogen-bond acceptors (Lipinski definition) is 7. The number of aryl methyl sites for hydroxylation is 2. The molecule has 0 bridgehead atoms. The highest BCUT2D eigenvalue weighted by molar-refractivity contribution is 9.10. The van der Waals surface area contributed by atoms with Crippen molar-refractivity contribution >= 4 is 50.9 Å². The molecule has 0 aromatic heterocycles. The van der Waals surface area contributed by atoms with E-state index in [1.165, 1.54) is 7.11 Å². The number of hydrogen-bond donors (Lipinski definition) is 0. The summed E-state index contributed by atoms with van der Waals surface area (Å²) < 4.78 is 16.6. The molecule has 3 rings (SSSR count). The van der Waals surface area contributed by atoms with Gasteiger partial charge in [-0.1, -0.05) is 28.1 Å². The number of methoxy groups -OCH3 is 1. The normalized spacial score (nSPS) is 14.8. The van der Waals surface area contributed by atoms with Crippen LogP contribution in [0.4, 0.5) is 4.79 Å². The number of esters is 1. The number of ether oxygens (including phenoxy) is 3. The molecule has 0 aliphatic carbocycles. The Kier molecular flexibility index (Phi) is 7.98. The van der Waals surface area contributed by atoms with Crippen molar-refractivity contribution in [3.8, 4) is 11.5 Å². The maximum absolute atomic E-state index is 12.8. The molecule has 9 heteroatoms. The number of benzene rings is 2. The topological polar surface area (TPSA) is 82.1 Å². The molecular formula is C23H22BrNO6S. The maximum atomic E-state index is 12.8. The third-order valence-corrected chi connectivity index (χ3v) is 6.02. The number of nitrogens with zero attached hydrogens (tertiary/aromatic N) is 1. The summed E-state index contributed by atoms with van der Waals surface area (Å²) in [5, 5.41) is -0.363. The highest BCUT2D eigenvalue weighted by Gasteiger charge is 2.35. The van der Waals surface area contributed by atoms with Gasteiger partial charge in [-0.3, -0.25) is 14.5 Å². The van der Waals surface area contributed by atoms with Gasteiger partial charge in [0.2, 0.25) is 0 Å². The van der Waals surface area contributed by atoms with E-state index in [1.807, 2.05) is 32.0 Å². The summed E-state index contributed by atoms with van der Waals surface area (Å²) in [7, 11) is 1.27. The van der Waals surface area contributed by atoms with E-state index in [1.54, 1.807) is 24.3 Å². The number of carbonyl (C=O) groups excluding carboxylic acids is 3. The molecule has 0 saturated carbocycles. The van der Waals surface area contributed by atoms with E-state index in [4.69, 9.17) is 9.47 Å². The molecule has 7 nitrogen and oxygen atoms in total. The fourth-order valence-electron chi connectivity index (χ4n) is 2.90. The van der Waals surface area contributed by atoms with Gasteiger partial charge in [0, 0.05) is 10.0 Å². The molecule has 1 aliphatic heterocycles. The Balaban J connectivity index is 1.70. The lowest BCUT2D eigenvalue weighted by Gasteiger charge is -2.14. The van der Waals surface area contributed by atoms with Gasteiger partial charge in [-0.25, -0.2) is 4.79 Å². The first-order chi connectivity index (χ1) is 15.3. The van der Waals surface area contributed by atoms with Crippen LogP contribution in [0, 0.1) is 13.8 Å². The molecule has 2 aromatic rings. The van der Waals surface area contributed by atoms with Gasteiger partial charge in [0.1, 0.15) is 18.1 Å². The van der Waals surface area contributed by atoms with Gasteiger partial charge in [-0.15, -0.1) is 0 Å². The molecular weight excluding hydrogens is 498 g/mol. The predicted molar refractivity (Wildman–Crippen MR) is 126 cm³/mol. The molecule has 2 aromatic carbocycles. The van der Waals surface area contributed by atoms with Crippen molar-refractivity contribution in [3.63, 3.8) is 0 Å². The van der Waals surface area contributed by atoms with Gasteiger partial charge in [0.05, 0.1) is 18.6 Å². The summed E-state index contributed by atoms with van der Waals surface area (Å²) in [6.45, 7) is 3.98. The van der Waals surface area contributed by atoms with Crippen molar-refractivity contribution in [1.29, 1.82) is 0 Å². The van der Waals surface area contributed by atoms with Gasteiger partial charge in [-0.05, 0) is 67.1 Å². The Morgan fingerprint density at radius 3 is 2.62 bits per heavy atom. The van der Waals surface area contributed by atoms with E-state index in [9.17, 15) is 14.4 Å². The van der Waals surface area contributed by atoms with E-state index >= 15 is 0 Å². The summed E-state index contributed by atoms with van der Waals surface area (Å²) in [5.41, 5.74) is 2.61. The van der Waals surface area contributed by atoms with Gasteiger partial charge < -0.3 is 14.2 Å². The lowest BCUT2D eigenvalue weighted by Crippen LogP contribution is -2.32. The second kappa shape index (κ2) is 10.7. The van der Waals surface area contributed by atoms with Crippen molar-refractivity contribution in [3.05, 3.63) is 62.5 Å². The summed E-state index contributed by atoms with van der Waals surface area (Å²) >= 11 is 4.24. The highest BCUT2D eigenvalue weighted by Crippen LogP contribution is 2.35. The summed E-state index contributed by atoms with van der Waals surface area (Å²) in [5.74, 6) is 0.198. The van der Waals surface area contributed by atoms with Crippen LogP contribution in [0.5, 0.6) is 11.5 Å². The maximum Gasteiger partial charge on any atom is 0.343 e. The quantitative estimate of drug-likeness (QED) is 0.368. The van der Waals surface area contributed by atoms with Crippen molar-refractivity contribution < 1.29 is 28.6 Å². The van der Waals surface area contributed by atoms with Crippen molar-refractivity contribution in [2.45, 2.75) is 13.8 Å². The van der Waals surface area contributed by atoms with Gasteiger partial charge in [-0.2, -0.15) is 0 Å². The first-order valence-corrected chi connectivity index (χ1v) is 11.3. The van der Waals surface area contributed by atoms with Crippen LogP contribution < -0.4 is 9.47 Å². The zero-order chi connectivity index (χ0) is 23.3. The summed E-state index contributed by atoms with van der Waals surface area (Å²) in [6.07, 6.45) is 1.58. The number of imide groups is 1. The van der Waals surface area contributed by atoms with Crippen molar-refractivity contribution in [1.82, 2.24) is 4.90 Å². The van der Waals surface area contributed by atoms with E-state index in [0.717, 1.165) is 38.0 Å². The van der Waals surface area contributed by atoms with E-state index in [2.05, 4.69) is 20.7 Å². The molecule has 0 N–H and O–H groups in total. The molecule has 1 fully saturated rings. The standard InChI is InChI=1S/C23H22BrNO6S/c1-14-4-5-15(2)19(10-14)30-9-8-25-22(27)20(32-23(25)28)12-16-11-17(24)6-7-18(16)31-13-21(26)29-3/h4-7,10-12H,8-9,13H2,1-3H3/b20-12-. The molecule has 2 amide bonds. The number of carbonyl (C=O) groups is 3. The number of amides is 2. The number of thioether (sulfide) groups is 1. The minimum atomic E-state index is -0.525. The zero-order valence-electron chi connectivity index (χ0n) is 17.8. The summed E-state index contributed by atoms with van der Waals surface area (Å²) in [4.78, 5) is 38.1. The predicted octanol–water partition coefficient (Wildman–Crippen LogP) is 4.73. The fraction of sp³-hybridized carbons (Fsp3) is 0.261. The Morgan fingerprint density at radius 1 is 1.09 bits per heavy atom. The largest absolute Gasteiger partial charge is 0.491 e. The number of halogens is 1. The average Bonchev–Trinajstić information content (AvgIpc) is 3.02. The Morgan fingerprint density at radius 2 is 1.88 bits per heavy atom. The monoisotopic (exact) mass is 519 g/mol. The smallest absolute Gasteiger partial charge is 0.343 e. The molecule has 32 heavy (non-hydrogen) atoms. The molecule has 168 valence electrons. The Labute approximate surface area is 198 Å². The van der Waals surface area contributed by atoms with Gasteiger partial charge in [0.25, 0.3) is 11.1 Å². The van der Waals surface area contributed by atoms with E-state index in [-0.39, 0.29) is 29.9 Å². The van der Waals surface area contributed by atoms with Crippen molar-refractivity contribution in [2.24, 2.45) is 0 Å². The highest BCUT2D eigenvalue weighted by atomic mass is 79.9. The SMILES string of the molecule is COC(=O)COc1ccc(Br)cc1/C=C1\SC(=O)N(CCOc2cc(C)ccc2C)C1=O. The number of rotatable bonds is 8. The first kappa shape index (κ1) is 23.9. The van der Waals surface area contributed by atoms with E-state index < -0.39 is 11.9 Å². The second-order valence-electron chi connectivity index (χ2n) is 7.00. The van der Waals surface area contributed by atoms with E-state index in [0.29, 0.717) is 11.3 Å².